The molecule has 4 heteroatoms. The van der Waals surface area contributed by atoms with Crippen LogP contribution in [0.15, 0.2) is 4.99 Å². The molecule has 0 saturated carbocycles. The first-order valence-corrected chi connectivity index (χ1v) is 8.23. The largest absolute Gasteiger partial charge is 0.364 e. The minimum atomic E-state index is 0.721. The second-order valence-electron chi connectivity index (χ2n) is 5.03. The Morgan fingerprint density at radius 3 is 3.00 bits per heavy atom. The predicted octanol–water partition coefficient (Wildman–Crippen LogP) is 2.99. The van der Waals surface area contributed by atoms with Crippen LogP contribution in [0.5, 0.6) is 0 Å². The molecule has 2 nitrogen and oxygen atoms in total. The third kappa shape index (κ3) is 3.88. The Bertz CT molecular complexity index is 247. The molecule has 2 heterocycles. The average molecular weight is 258 g/mol. The van der Waals surface area contributed by atoms with E-state index in [0.717, 1.165) is 29.5 Å². The number of hydrogen-bond acceptors (Lipinski definition) is 4. The molecule has 0 amide bonds. The van der Waals surface area contributed by atoms with Crippen molar-refractivity contribution >= 4 is 28.7 Å². The van der Waals surface area contributed by atoms with Gasteiger partial charge in [-0.15, -0.1) is 0 Å². The molecule has 0 bridgehead atoms. The number of amidine groups is 1. The van der Waals surface area contributed by atoms with Crippen LogP contribution in [0.3, 0.4) is 0 Å². The molecule has 0 aromatic carbocycles. The van der Waals surface area contributed by atoms with Crippen LogP contribution in [0, 0.1) is 5.92 Å². The molecule has 92 valence electrons. The Kier molecular flexibility index (Phi) is 4.89. The van der Waals surface area contributed by atoms with Gasteiger partial charge >= 0.3 is 0 Å². The maximum absolute atomic E-state index is 4.59. The van der Waals surface area contributed by atoms with Gasteiger partial charge in [-0.25, -0.2) is 0 Å². The zero-order valence-electron chi connectivity index (χ0n) is 10.2. The molecule has 1 fully saturated rings. The van der Waals surface area contributed by atoms with Gasteiger partial charge in [-0.2, -0.15) is 11.8 Å². The molecule has 16 heavy (non-hydrogen) atoms. The number of aliphatic imine (C=N–C) groups is 1. The molecule has 2 atom stereocenters. The van der Waals surface area contributed by atoms with Gasteiger partial charge in [0, 0.05) is 17.0 Å². The zero-order chi connectivity index (χ0) is 11.4. The normalized spacial score (nSPS) is 29.8. The summed E-state index contributed by atoms with van der Waals surface area (Å²) in [6, 6.07) is 0. The molecular formula is C12H22N2S2. The maximum atomic E-state index is 4.59. The minimum absolute atomic E-state index is 0.721. The topological polar surface area (TPSA) is 24.4 Å². The van der Waals surface area contributed by atoms with Crippen molar-refractivity contribution in [1.29, 1.82) is 0 Å². The first-order valence-electron chi connectivity index (χ1n) is 6.30. The average Bonchev–Trinajstić information content (AvgIpc) is 2.84. The molecule has 0 aliphatic carbocycles. The quantitative estimate of drug-likeness (QED) is 0.839. The van der Waals surface area contributed by atoms with Crippen molar-refractivity contribution in [2.24, 2.45) is 10.9 Å². The van der Waals surface area contributed by atoms with E-state index < -0.39 is 0 Å². The van der Waals surface area contributed by atoms with Gasteiger partial charge in [0.15, 0.2) is 5.17 Å². The fraction of sp³-hybridized carbons (Fsp3) is 0.917. The first kappa shape index (κ1) is 12.6. The zero-order valence-corrected chi connectivity index (χ0v) is 11.9. The third-order valence-electron chi connectivity index (χ3n) is 2.96. The SMILES string of the molecule is CC(C)CC1CN=C(NCC2CCCS2)S1. The van der Waals surface area contributed by atoms with Crippen LogP contribution >= 0.6 is 23.5 Å². The van der Waals surface area contributed by atoms with Crippen LogP contribution in [0.25, 0.3) is 0 Å². The highest BCUT2D eigenvalue weighted by Crippen LogP contribution is 2.27. The summed E-state index contributed by atoms with van der Waals surface area (Å²) in [6.45, 7) is 6.72. The minimum Gasteiger partial charge on any atom is -0.364 e. The van der Waals surface area contributed by atoms with Crippen molar-refractivity contribution in [3.63, 3.8) is 0 Å². The second-order valence-corrected chi connectivity index (χ2v) is 7.73. The summed E-state index contributed by atoms with van der Waals surface area (Å²) in [7, 11) is 0. The Hall–Kier alpha value is 0.170. The predicted molar refractivity (Wildman–Crippen MR) is 76.6 cm³/mol. The highest BCUT2D eigenvalue weighted by molar-refractivity contribution is 8.14. The maximum Gasteiger partial charge on any atom is 0.156 e. The van der Waals surface area contributed by atoms with Crippen molar-refractivity contribution in [1.82, 2.24) is 5.32 Å². The lowest BCUT2D eigenvalue weighted by Gasteiger charge is -2.13. The van der Waals surface area contributed by atoms with Gasteiger partial charge in [0.25, 0.3) is 0 Å². The summed E-state index contributed by atoms with van der Waals surface area (Å²) < 4.78 is 0. The number of hydrogen-bond donors (Lipinski definition) is 1. The number of thioether (sulfide) groups is 2. The monoisotopic (exact) mass is 258 g/mol. The lowest BCUT2D eigenvalue weighted by atomic mass is 10.1. The van der Waals surface area contributed by atoms with Crippen molar-refractivity contribution in [2.75, 3.05) is 18.8 Å². The van der Waals surface area contributed by atoms with E-state index in [1.54, 1.807) is 0 Å². The lowest BCUT2D eigenvalue weighted by Crippen LogP contribution is -2.27. The Morgan fingerprint density at radius 2 is 2.31 bits per heavy atom. The fourth-order valence-corrected chi connectivity index (χ4v) is 4.63. The summed E-state index contributed by atoms with van der Waals surface area (Å²) in [5, 5.41) is 6.26. The first-order chi connectivity index (χ1) is 7.74. The molecule has 0 spiro atoms. The van der Waals surface area contributed by atoms with E-state index in [9.17, 15) is 0 Å². The fourth-order valence-electron chi connectivity index (χ4n) is 2.17. The van der Waals surface area contributed by atoms with Gasteiger partial charge in [-0.05, 0) is 30.9 Å². The van der Waals surface area contributed by atoms with Gasteiger partial charge in [0.2, 0.25) is 0 Å². The summed E-state index contributed by atoms with van der Waals surface area (Å²) in [6.07, 6.45) is 4.06. The molecule has 0 radical (unpaired) electrons. The molecule has 0 aromatic heterocycles. The van der Waals surface area contributed by atoms with Gasteiger partial charge in [0.1, 0.15) is 0 Å². The van der Waals surface area contributed by atoms with Crippen molar-refractivity contribution in [3.05, 3.63) is 0 Å². The number of rotatable bonds is 4. The summed E-state index contributed by atoms with van der Waals surface area (Å²) in [5.41, 5.74) is 0. The lowest BCUT2D eigenvalue weighted by molar-refractivity contribution is 0.575. The van der Waals surface area contributed by atoms with E-state index in [-0.39, 0.29) is 0 Å². The van der Waals surface area contributed by atoms with Gasteiger partial charge in [0.05, 0.1) is 6.54 Å². The van der Waals surface area contributed by atoms with Crippen LogP contribution in [0.1, 0.15) is 33.1 Å². The van der Waals surface area contributed by atoms with E-state index in [1.807, 2.05) is 11.8 Å². The Morgan fingerprint density at radius 1 is 1.44 bits per heavy atom. The Labute approximate surface area is 107 Å². The third-order valence-corrected chi connectivity index (χ3v) is 5.53. The molecule has 1 N–H and O–H groups in total. The molecule has 2 rings (SSSR count). The van der Waals surface area contributed by atoms with Crippen LogP contribution < -0.4 is 5.32 Å². The van der Waals surface area contributed by atoms with Gasteiger partial charge in [-0.1, -0.05) is 25.6 Å². The molecule has 0 aromatic rings. The van der Waals surface area contributed by atoms with Gasteiger partial charge < -0.3 is 5.32 Å². The van der Waals surface area contributed by atoms with Crippen LogP contribution in [-0.4, -0.2) is 34.5 Å². The van der Waals surface area contributed by atoms with Crippen LogP contribution in [0.4, 0.5) is 0 Å². The van der Waals surface area contributed by atoms with E-state index in [1.165, 1.54) is 30.2 Å². The van der Waals surface area contributed by atoms with Crippen molar-refractivity contribution in [3.8, 4) is 0 Å². The molecule has 2 aliphatic rings. The molecular weight excluding hydrogens is 236 g/mol. The van der Waals surface area contributed by atoms with Crippen LogP contribution in [-0.2, 0) is 0 Å². The van der Waals surface area contributed by atoms with Crippen molar-refractivity contribution < 1.29 is 0 Å². The van der Waals surface area contributed by atoms with E-state index in [0.29, 0.717) is 0 Å². The smallest absolute Gasteiger partial charge is 0.156 e. The molecule has 2 aliphatic heterocycles. The second kappa shape index (κ2) is 6.20. The highest BCUT2D eigenvalue weighted by Gasteiger charge is 2.22. The van der Waals surface area contributed by atoms with Gasteiger partial charge in [-0.3, -0.25) is 4.99 Å². The number of nitrogens with one attached hydrogen (secondary N) is 1. The summed E-state index contributed by atoms with van der Waals surface area (Å²) >= 11 is 4.06. The van der Waals surface area contributed by atoms with E-state index in [4.69, 9.17) is 0 Å². The van der Waals surface area contributed by atoms with Crippen LogP contribution in [0.2, 0.25) is 0 Å². The summed E-state index contributed by atoms with van der Waals surface area (Å²) in [4.78, 5) is 4.59. The van der Waals surface area contributed by atoms with Crippen molar-refractivity contribution in [2.45, 2.75) is 43.6 Å². The van der Waals surface area contributed by atoms with E-state index in [2.05, 4.69) is 35.9 Å². The standard InChI is InChI=1S/C12H22N2S2/c1-9(2)6-11-8-14-12(16-11)13-7-10-4-3-5-15-10/h9-11H,3-8H2,1-2H3,(H,13,14). The molecule has 2 unspecified atom stereocenters. The highest BCUT2D eigenvalue weighted by atomic mass is 32.2. The Balaban J connectivity index is 1.64. The molecule has 1 saturated heterocycles. The summed E-state index contributed by atoms with van der Waals surface area (Å²) in [5.74, 6) is 2.14. The number of nitrogens with zero attached hydrogens (tertiary/aromatic N) is 1. The van der Waals surface area contributed by atoms with E-state index >= 15 is 0 Å².